The Morgan fingerprint density at radius 3 is 2.79 bits per heavy atom. The summed E-state index contributed by atoms with van der Waals surface area (Å²) in [5, 5.41) is 0. The summed E-state index contributed by atoms with van der Waals surface area (Å²) in [6, 6.07) is 6.72. The van der Waals surface area contributed by atoms with Crippen molar-refractivity contribution < 1.29 is 0 Å². The van der Waals surface area contributed by atoms with Crippen molar-refractivity contribution in [2.24, 2.45) is 0 Å². The molecular formula is C14H19BrClN3. The monoisotopic (exact) mass is 343 g/mol. The molecule has 1 aromatic heterocycles. The molecule has 0 N–H and O–H groups in total. The second-order valence-electron chi connectivity index (χ2n) is 5.02. The molecule has 3 nitrogen and oxygen atoms in total. The molecule has 2 aromatic rings. The van der Waals surface area contributed by atoms with Crippen LogP contribution in [-0.2, 0) is 12.4 Å². The average Bonchev–Trinajstić information content (AvgIpc) is 2.72. The maximum atomic E-state index is 6.01. The lowest BCUT2D eigenvalue weighted by molar-refractivity contribution is 0.263. The van der Waals surface area contributed by atoms with Gasteiger partial charge >= 0.3 is 0 Å². The Balaban J connectivity index is 2.30. The molecule has 0 aliphatic rings. The molecule has 0 unspecified atom stereocenters. The molecule has 0 spiro atoms. The molecule has 0 aliphatic carbocycles. The van der Waals surface area contributed by atoms with Crippen molar-refractivity contribution in [2.75, 3.05) is 13.6 Å². The van der Waals surface area contributed by atoms with Gasteiger partial charge < -0.3 is 9.47 Å². The van der Waals surface area contributed by atoms with Crippen LogP contribution in [0, 0.1) is 0 Å². The van der Waals surface area contributed by atoms with Crippen LogP contribution >= 0.6 is 27.5 Å². The molecule has 5 heteroatoms. The standard InChI is InChI=1S/C14H19BrClN3/c1-10(2)18(3)6-7-19-13-5-4-11(15)8-12(13)17-14(19)9-16/h4-5,8,10H,6-7,9H2,1-3H3. The van der Waals surface area contributed by atoms with E-state index in [0.717, 1.165) is 34.4 Å². The molecule has 1 heterocycles. The van der Waals surface area contributed by atoms with Crippen LogP contribution in [0.25, 0.3) is 11.0 Å². The van der Waals surface area contributed by atoms with Crippen molar-refractivity contribution >= 4 is 38.6 Å². The van der Waals surface area contributed by atoms with Gasteiger partial charge in [-0.3, -0.25) is 0 Å². The fourth-order valence-corrected chi connectivity index (χ4v) is 2.57. The second-order valence-corrected chi connectivity index (χ2v) is 6.20. The lowest BCUT2D eigenvalue weighted by Gasteiger charge is -2.21. The van der Waals surface area contributed by atoms with E-state index >= 15 is 0 Å². The number of nitrogens with zero attached hydrogens (tertiary/aromatic N) is 3. The molecule has 0 saturated carbocycles. The van der Waals surface area contributed by atoms with Gasteiger partial charge in [0.05, 0.1) is 16.9 Å². The predicted octanol–water partition coefficient (Wildman–Crippen LogP) is 3.88. The Morgan fingerprint density at radius 2 is 2.16 bits per heavy atom. The largest absolute Gasteiger partial charge is 0.326 e. The lowest BCUT2D eigenvalue weighted by atomic mass is 10.3. The Hall–Kier alpha value is -0.580. The summed E-state index contributed by atoms with van der Waals surface area (Å²) >= 11 is 9.49. The molecule has 0 bridgehead atoms. The lowest BCUT2D eigenvalue weighted by Crippen LogP contribution is -2.30. The molecule has 0 saturated heterocycles. The third kappa shape index (κ3) is 3.30. The van der Waals surface area contributed by atoms with Gasteiger partial charge in [0, 0.05) is 23.6 Å². The van der Waals surface area contributed by atoms with Crippen LogP contribution < -0.4 is 0 Å². The normalized spacial score (nSPS) is 11.9. The summed E-state index contributed by atoms with van der Waals surface area (Å²) in [4.78, 5) is 6.92. The summed E-state index contributed by atoms with van der Waals surface area (Å²) in [7, 11) is 2.14. The molecule has 1 aromatic carbocycles. The van der Waals surface area contributed by atoms with E-state index in [0.29, 0.717) is 11.9 Å². The van der Waals surface area contributed by atoms with Crippen LogP contribution in [0.5, 0.6) is 0 Å². The minimum atomic E-state index is 0.442. The van der Waals surface area contributed by atoms with Crippen LogP contribution in [0.1, 0.15) is 19.7 Å². The Morgan fingerprint density at radius 1 is 1.42 bits per heavy atom. The zero-order chi connectivity index (χ0) is 14.0. The van der Waals surface area contributed by atoms with E-state index in [1.807, 2.05) is 12.1 Å². The highest BCUT2D eigenvalue weighted by Crippen LogP contribution is 2.21. The Kier molecular flexibility index (Phi) is 4.87. The van der Waals surface area contributed by atoms with Crippen molar-refractivity contribution in [3.63, 3.8) is 0 Å². The minimum Gasteiger partial charge on any atom is -0.326 e. The third-order valence-corrected chi connectivity index (χ3v) is 4.20. The van der Waals surface area contributed by atoms with E-state index in [1.54, 1.807) is 0 Å². The van der Waals surface area contributed by atoms with Gasteiger partial charge in [0.2, 0.25) is 0 Å². The second kappa shape index (κ2) is 6.25. The topological polar surface area (TPSA) is 21.1 Å². The Labute approximate surface area is 127 Å². The van der Waals surface area contributed by atoms with Crippen molar-refractivity contribution in [3.05, 3.63) is 28.5 Å². The smallest absolute Gasteiger partial charge is 0.124 e. The molecule has 0 atom stereocenters. The quantitative estimate of drug-likeness (QED) is 0.768. The van der Waals surface area contributed by atoms with Gasteiger partial charge in [-0.15, -0.1) is 11.6 Å². The molecular weight excluding hydrogens is 326 g/mol. The van der Waals surface area contributed by atoms with Crippen molar-refractivity contribution in [1.82, 2.24) is 14.5 Å². The van der Waals surface area contributed by atoms with E-state index < -0.39 is 0 Å². The summed E-state index contributed by atoms with van der Waals surface area (Å²) < 4.78 is 3.26. The molecule has 104 valence electrons. The van der Waals surface area contributed by atoms with Crippen LogP contribution in [-0.4, -0.2) is 34.1 Å². The number of halogens is 2. The number of likely N-dealkylation sites (N-methyl/N-ethyl adjacent to an activating group) is 1. The molecule has 2 rings (SSSR count). The first-order valence-corrected chi connectivity index (χ1v) is 7.76. The SMILES string of the molecule is CC(C)N(C)CCn1c(CCl)nc2cc(Br)ccc21. The number of hydrogen-bond acceptors (Lipinski definition) is 2. The maximum absolute atomic E-state index is 6.01. The van der Waals surface area contributed by atoms with Gasteiger partial charge in [-0.1, -0.05) is 15.9 Å². The summed E-state index contributed by atoms with van der Waals surface area (Å²) in [5.41, 5.74) is 2.15. The van der Waals surface area contributed by atoms with Gasteiger partial charge in [-0.05, 0) is 39.1 Å². The maximum Gasteiger partial charge on any atom is 0.124 e. The number of alkyl halides is 1. The van der Waals surface area contributed by atoms with Crippen molar-refractivity contribution in [2.45, 2.75) is 32.3 Å². The van der Waals surface area contributed by atoms with Crippen molar-refractivity contribution in [1.29, 1.82) is 0 Å². The molecule has 19 heavy (non-hydrogen) atoms. The highest BCUT2D eigenvalue weighted by Gasteiger charge is 2.11. The Bertz CT molecular complexity index is 565. The summed E-state index contributed by atoms with van der Waals surface area (Å²) in [6.07, 6.45) is 0. The molecule has 0 aliphatic heterocycles. The zero-order valence-corrected chi connectivity index (χ0v) is 13.9. The van der Waals surface area contributed by atoms with Gasteiger partial charge in [0.15, 0.2) is 0 Å². The fourth-order valence-electron chi connectivity index (χ4n) is 2.02. The number of imidazole rings is 1. The molecule has 0 fully saturated rings. The first-order chi connectivity index (χ1) is 9.02. The molecule has 0 amide bonds. The highest BCUT2D eigenvalue weighted by atomic mass is 79.9. The van der Waals surface area contributed by atoms with Crippen LogP contribution in [0.15, 0.2) is 22.7 Å². The van der Waals surface area contributed by atoms with Crippen LogP contribution in [0.4, 0.5) is 0 Å². The van der Waals surface area contributed by atoms with E-state index in [9.17, 15) is 0 Å². The summed E-state index contributed by atoms with van der Waals surface area (Å²) in [6.45, 7) is 6.30. The van der Waals surface area contributed by atoms with E-state index in [2.05, 4.69) is 57.3 Å². The van der Waals surface area contributed by atoms with Gasteiger partial charge in [0.1, 0.15) is 5.82 Å². The van der Waals surface area contributed by atoms with Gasteiger partial charge in [-0.25, -0.2) is 4.98 Å². The predicted molar refractivity (Wildman–Crippen MR) is 84.8 cm³/mol. The number of fused-ring (bicyclic) bond motifs is 1. The third-order valence-electron chi connectivity index (χ3n) is 3.47. The first kappa shape index (κ1) is 14.8. The number of rotatable bonds is 5. The van der Waals surface area contributed by atoms with Crippen LogP contribution in [0.3, 0.4) is 0 Å². The van der Waals surface area contributed by atoms with Crippen molar-refractivity contribution in [3.8, 4) is 0 Å². The zero-order valence-electron chi connectivity index (χ0n) is 11.5. The van der Waals surface area contributed by atoms with E-state index in [-0.39, 0.29) is 0 Å². The minimum absolute atomic E-state index is 0.442. The van der Waals surface area contributed by atoms with E-state index in [1.165, 1.54) is 0 Å². The van der Waals surface area contributed by atoms with E-state index in [4.69, 9.17) is 11.6 Å². The first-order valence-electron chi connectivity index (χ1n) is 6.43. The number of aromatic nitrogens is 2. The average molecular weight is 345 g/mol. The fraction of sp³-hybridized carbons (Fsp3) is 0.500. The van der Waals surface area contributed by atoms with Gasteiger partial charge in [0.25, 0.3) is 0 Å². The summed E-state index contributed by atoms with van der Waals surface area (Å²) in [5.74, 6) is 1.38. The highest BCUT2D eigenvalue weighted by molar-refractivity contribution is 9.10. The van der Waals surface area contributed by atoms with Crippen LogP contribution in [0.2, 0.25) is 0 Å². The number of benzene rings is 1. The molecule has 0 radical (unpaired) electrons. The number of hydrogen-bond donors (Lipinski definition) is 0. The van der Waals surface area contributed by atoms with Gasteiger partial charge in [-0.2, -0.15) is 0 Å².